The molecule has 2 rings (SSSR count). The van der Waals surface area contributed by atoms with Crippen molar-refractivity contribution in [2.75, 3.05) is 19.7 Å². The highest BCUT2D eigenvalue weighted by atomic mass is 16.5. The lowest BCUT2D eigenvalue weighted by Crippen LogP contribution is -2.40. The highest BCUT2D eigenvalue weighted by Crippen LogP contribution is 2.21. The van der Waals surface area contributed by atoms with Gasteiger partial charge in [-0.05, 0) is 26.2 Å². The minimum absolute atomic E-state index is 0.121. The third-order valence-electron chi connectivity index (χ3n) is 4.33. The number of hydrogen-bond donors (Lipinski definition) is 1. The van der Waals surface area contributed by atoms with E-state index in [4.69, 9.17) is 14.9 Å². The number of hydrogen-bond acceptors (Lipinski definition) is 6. The molecule has 1 saturated heterocycles. The first-order chi connectivity index (χ1) is 11.6. The Balaban J connectivity index is 1.89. The van der Waals surface area contributed by atoms with Crippen molar-refractivity contribution in [3.63, 3.8) is 0 Å². The van der Waals surface area contributed by atoms with Gasteiger partial charge in [0, 0.05) is 13.1 Å². The van der Waals surface area contributed by atoms with Crippen LogP contribution in [-0.2, 0) is 9.53 Å². The molecule has 0 aromatic carbocycles. The maximum Gasteiger partial charge on any atom is 0.309 e. The molecule has 1 aromatic rings. The van der Waals surface area contributed by atoms with Crippen molar-refractivity contribution in [1.29, 1.82) is 0 Å². The maximum absolute atomic E-state index is 12.5. The largest absolute Gasteiger partial charge is 0.466 e. The van der Waals surface area contributed by atoms with E-state index in [2.05, 4.69) is 11.9 Å². The number of unbranched alkanes of at least 4 members (excludes halogenated alkanes) is 1. The lowest BCUT2D eigenvalue weighted by Gasteiger charge is -2.30. The van der Waals surface area contributed by atoms with E-state index < -0.39 is 0 Å². The van der Waals surface area contributed by atoms with Crippen LogP contribution >= 0.6 is 0 Å². The first-order valence-electron chi connectivity index (χ1n) is 8.73. The number of carbonyl (C=O) groups is 2. The van der Waals surface area contributed by atoms with Gasteiger partial charge in [-0.15, -0.1) is 0 Å². The fraction of sp³-hybridized carbons (Fsp3) is 0.706. The summed E-state index contributed by atoms with van der Waals surface area (Å²) in [6.07, 6.45) is 5.44. The van der Waals surface area contributed by atoms with E-state index in [1.165, 1.54) is 6.26 Å². The van der Waals surface area contributed by atoms with Crippen LogP contribution in [0.5, 0.6) is 0 Å². The van der Waals surface area contributed by atoms with Crippen molar-refractivity contribution in [1.82, 2.24) is 9.88 Å². The molecule has 2 heterocycles. The van der Waals surface area contributed by atoms with Gasteiger partial charge in [0.1, 0.15) is 6.26 Å². The molecule has 1 atom stereocenters. The monoisotopic (exact) mass is 337 g/mol. The van der Waals surface area contributed by atoms with Crippen LogP contribution in [0.4, 0.5) is 0 Å². The smallest absolute Gasteiger partial charge is 0.309 e. The Hall–Kier alpha value is -1.89. The molecule has 0 spiro atoms. The van der Waals surface area contributed by atoms with Gasteiger partial charge in [-0.2, -0.15) is 0 Å². The molecule has 1 aliphatic rings. The minimum atomic E-state index is -0.277. The summed E-state index contributed by atoms with van der Waals surface area (Å²) in [5.41, 5.74) is 6.30. The Morgan fingerprint density at radius 2 is 2.12 bits per heavy atom. The standard InChI is InChI=1S/C17H27N3O4/c1-3-5-6-13(18)15-19-14(11-24-15)16(21)20-9-7-12(8-10-20)17(22)23-4-2/h11-13H,3-10,18H2,1-2H3. The average Bonchev–Trinajstić information content (AvgIpc) is 3.09. The Kier molecular flexibility index (Phi) is 6.78. The van der Waals surface area contributed by atoms with Crippen molar-refractivity contribution in [2.45, 2.75) is 52.0 Å². The first kappa shape index (κ1) is 18.4. The lowest BCUT2D eigenvalue weighted by atomic mass is 9.97. The summed E-state index contributed by atoms with van der Waals surface area (Å²) in [7, 11) is 0. The van der Waals surface area contributed by atoms with Crippen molar-refractivity contribution in [2.24, 2.45) is 11.7 Å². The zero-order valence-electron chi connectivity index (χ0n) is 14.5. The molecule has 0 saturated carbocycles. The van der Waals surface area contributed by atoms with Gasteiger partial charge in [-0.3, -0.25) is 9.59 Å². The van der Waals surface area contributed by atoms with Crippen molar-refractivity contribution in [3.8, 4) is 0 Å². The molecule has 1 unspecified atom stereocenters. The summed E-state index contributed by atoms with van der Waals surface area (Å²) in [6.45, 7) is 5.32. The number of likely N-dealkylation sites (tertiary alicyclic amines) is 1. The van der Waals surface area contributed by atoms with Gasteiger partial charge >= 0.3 is 5.97 Å². The summed E-state index contributed by atoms with van der Waals surface area (Å²) in [4.78, 5) is 30.2. The molecule has 0 bridgehead atoms. The zero-order chi connectivity index (χ0) is 17.5. The zero-order valence-corrected chi connectivity index (χ0v) is 14.5. The van der Waals surface area contributed by atoms with Gasteiger partial charge in [0.2, 0.25) is 5.89 Å². The van der Waals surface area contributed by atoms with Gasteiger partial charge in [-0.1, -0.05) is 19.8 Å². The average molecular weight is 337 g/mol. The van der Waals surface area contributed by atoms with E-state index in [9.17, 15) is 9.59 Å². The second-order valence-corrected chi connectivity index (χ2v) is 6.14. The second kappa shape index (κ2) is 8.82. The van der Waals surface area contributed by atoms with Crippen LogP contribution in [0.25, 0.3) is 0 Å². The molecule has 7 heteroatoms. The number of nitrogens with zero attached hydrogens (tertiary/aromatic N) is 2. The van der Waals surface area contributed by atoms with E-state index >= 15 is 0 Å². The van der Waals surface area contributed by atoms with Gasteiger partial charge in [-0.25, -0.2) is 4.98 Å². The van der Waals surface area contributed by atoms with Crippen molar-refractivity contribution < 1.29 is 18.7 Å². The molecule has 134 valence electrons. The Bertz CT molecular complexity index is 550. The summed E-state index contributed by atoms with van der Waals surface area (Å²) >= 11 is 0. The molecule has 1 amide bonds. The summed E-state index contributed by atoms with van der Waals surface area (Å²) in [5.74, 6) is -0.0530. The Morgan fingerprint density at radius 3 is 2.75 bits per heavy atom. The van der Waals surface area contributed by atoms with Crippen LogP contribution in [0.1, 0.15) is 68.4 Å². The number of aromatic nitrogens is 1. The number of carbonyl (C=O) groups excluding carboxylic acids is 2. The Labute approximate surface area is 142 Å². The fourth-order valence-corrected chi connectivity index (χ4v) is 2.84. The van der Waals surface area contributed by atoms with Crippen molar-refractivity contribution >= 4 is 11.9 Å². The minimum Gasteiger partial charge on any atom is -0.466 e. The molecule has 24 heavy (non-hydrogen) atoms. The van der Waals surface area contributed by atoms with Gasteiger partial charge in [0.15, 0.2) is 5.69 Å². The second-order valence-electron chi connectivity index (χ2n) is 6.14. The summed E-state index contributed by atoms with van der Waals surface area (Å²) in [5, 5.41) is 0. The van der Waals surface area contributed by atoms with E-state index in [1.807, 2.05) is 0 Å². The molecule has 0 aliphatic carbocycles. The fourth-order valence-electron chi connectivity index (χ4n) is 2.84. The van der Waals surface area contributed by atoms with E-state index in [0.717, 1.165) is 19.3 Å². The van der Waals surface area contributed by atoms with Crippen LogP contribution in [0.15, 0.2) is 10.7 Å². The van der Waals surface area contributed by atoms with Crippen molar-refractivity contribution in [3.05, 3.63) is 17.8 Å². The number of ether oxygens (including phenoxy) is 1. The molecule has 1 aromatic heterocycles. The normalized spacial score (nSPS) is 16.9. The maximum atomic E-state index is 12.5. The van der Waals surface area contributed by atoms with Gasteiger partial charge < -0.3 is 19.8 Å². The summed E-state index contributed by atoms with van der Waals surface area (Å²) in [6, 6.07) is -0.277. The van der Waals surface area contributed by atoms with Crippen LogP contribution in [0.2, 0.25) is 0 Å². The molecule has 1 aliphatic heterocycles. The van der Waals surface area contributed by atoms with Crippen LogP contribution in [0.3, 0.4) is 0 Å². The number of piperidine rings is 1. The SMILES string of the molecule is CCCCC(N)c1nc(C(=O)N2CCC(C(=O)OCC)CC2)co1. The van der Waals surface area contributed by atoms with Crippen LogP contribution in [-0.4, -0.2) is 41.5 Å². The van der Waals surface area contributed by atoms with E-state index in [0.29, 0.717) is 38.4 Å². The molecular weight excluding hydrogens is 310 g/mol. The topological polar surface area (TPSA) is 98.7 Å². The number of amides is 1. The predicted octanol–water partition coefficient (Wildman–Crippen LogP) is 2.28. The molecule has 7 nitrogen and oxygen atoms in total. The van der Waals surface area contributed by atoms with Gasteiger partial charge in [0.05, 0.1) is 18.6 Å². The third kappa shape index (κ3) is 4.56. The third-order valence-corrected chi connectivity index (χ3v) is 4.33. The molecule has 2 N–H and O–H groups in total. The highest BCUT2D eigenvalue weighted by Gasteiger charge is 2.30. The predicted molar refractivity (Wildman–Crippen MR) is 88.2 cm³/mol. The Morgan fingerprint density at radius 1 is 1.42 bits per heavy atom. The number of nitrogens with two attached hydrogens (primary N) is 1. The van der Waals surface area contributed by atoms with E-state index in [1.54, 1.807) is 11.8 Å². The molecule has 0 radical (unpaired) electrons. The summed E-state index contributed by atoms with van der Waals surface area (Å²) < 4.78 is 10.4. The van der Waals surface area contributed by atoms with E-state index in [-0.39, 0.29) is 29.5 Å². The molecule has 1 fully saturated rings. The first-order valence-corrected chi connectivity index (χ1v) is 8.73. The number of rotatable bonds is 7. The van der Waals surface area contributed by atoms with Gasteiger partial charge in [0.25, 0.3) is 5.91 Å². The molecular formula is C17H27N3O4. The van der Waals surface area contributed by atoms with Crippen LogP contribution < -0.4 is 5.73 Å². The number of oxazole rings is 1. The van der Waals surface area contributed by atoms with Crippen LogP contribution in [0, 0.1) is 5.92 Å². The lowest BCUT2D eigenvalue weighted by molar-refractivity contribution is -0.149. The quantitative estimate of drug-likeness (QED) is 0.766. The number of esters is 1. The highest BCUT2D eigenvalue weighted by molar-refractivity contribution is 5.92.